The number of alkyl halides is 3. The lowest BCUT2D eigenvalue weighted by Crippen LogP contribution is -2.58. The number of hydrogen-bond donors (Lipinski definition) is 1. The first kappa shape index (κ1) is 31.4. The molecule has 0 radical (unpaired) electrons. The number of rotatable bonds is 6. The Kier molecular flexibility index (Phi) is 11.3. The number of carbonyl (C=O) groups is 2. The van der Waals surface area contributed by atoms with Gasteiger partial charge in [-0.1, -0.05) is 23.7 Å². The van der Waals surface area contributed by atoms with E-state index < -0.39 is 12.1 Å². The second kappa shape index (κ2) is 14.5. The number of hydrogen-bond acceptors (Lipinski definition) is 8. The number of anilines is 1. The Morgan fingerprint density at radius 2 is 1.75 bits per heavy atom. The maximum atomic E-state index is 11.9. The molecule has 10 nitrogen and oxygen atoms in total. The Labute approximate surface area is 235 Å². The lowest BCUT2D eigenvalue weighted by atomic mass is 9.96. The predicted molar refractivity (Wildman–Crippen MR) is 141 cm³/mol. The maximum absolute atomic E-state index is 11.9. The van der Waals surface area contributed by atoms with Gasteiger partial charge in [0.25, 0.3) is 0 Å². The fourth-order valence-corrected chi connectivity index (χ4v) is 4.67. The van der Waals surface area contributed by atoms with Gasteiger partial charge in [0.2, 0.25) is 5.95 Å². The quantitative estimate of drug-likeness (QED) is 0.541. The third kappa shape index (κ3) is 9.49. The molecule has 1 N–H and O–H groups in total. The molecule has 14 heteroatoms. The van der Waals surface area contributed by atoms with Crippen LogP contribution in [-0.2, 0) is 20.7 Å². The van der Waals surface area contributed by atoms with Crippen molar-refractivity contribution in [1.29, 1.82) is 0 Å². The third-order valence-electron chi connectivity index (χ3n) is 6.56. The van der Waals surface area contributed by atoms with Crippen LogP contribution in [0, 0.1) is 0 Å². The number of ether oxygens (including phenoxy) is 2. The van der Waals surface area contributed by atoms with Gasteiger partial charge in [-0.05, 0) is 43.0 Å². The van der Waals surface area contributed by atoms with E-state index in [0.29, 0.717) is 12.6 Å². The molecule has 2 saturated heterocycles. The number of carbonyl (C=O) groups excluding carboxylic acids is 1. The van der Waals surface area contributed by atoms with E-state index in [4.69, 9.17) is 31.0 Å². The zero-order chi connectivity index (χ0) is 29.3. The summed E-state index contributed by atoms with van der Waals surface area (Å²) >= 11 is 6.08. The van der Waals surface area contributed by atoms with Crippen LogP contribution in [-0.4, -0.2) is 108 Å². The highest BCUT2D eigenvalue weighted by molar-refractivity contribution is 6.30. The second-order valence-electron chi connectivity index (χ2n) is 9.68. The number of aromatic nitrogens is 2. The minimum Gasteiger partial charge on any atom is -0.475 e. The molecule has 1 aromatic carbocycles. The Hall–Kier alpha value is -3.16. The van der Waals surface area contributed by atoms with Crippen LogP contribution in [0.15, 0.2) is 42.7 Å². The molecule has 2 aromatic rings. The average molecular weight is 588 g/mol. The third-order valence-corrected chi connectivity index (χ3v) is 6.81. The van der Waals surface area contributed by atoms with Gasteiger partial charge in [0, 0.05) is 63.2 Å². The van der Waals surface area contributed by atoms with Gasteiger partial charge in [-0.15, -0.1) is 0 Å². The molecule has 0 spiro atoms. The predicted octanol–water partition coefficient (Wildman–Crippen LogP) is 3.74. The zero-order valence-electron chi connectivity index (χ0n) is 22.3. The fraction of sp³-hybridized carbons (Fsp3) is 0.538. The molecule has 1 amide bonds. The van der Waals surface area contributed by atoms with E-state index in [0.717, 1.165) is 49.9 Å². The number of carboxylic acid groups (broad SMARTS) is 1. The molecule has 2 fully saturated rings. The number of aliphatic carboxylic acids is 1. The lowest BCUT2D eigenvalue weighted by Gasteiger charge is -2.46. The molecule has 0 unspecified atom stereocenters. The van der Waals surface area contributed by atoms with E-state index >= 15 is 0 Å². The molecule has 4 rings (SSSR count). The van der Waals surface area contributed by atoms with Crippen molar-refractivity contribution in [3.05, 3.63) is 53.3 Å². The second-order valence-corrected chi connectivity index (χ2v) is 10.1. The van der Waals surface area contributed by atoms with Gasteiger partial charge in [-0.3, -0.25) is 4.90 Å². The van der Waals surface area contributed by atoms with E-state index in [1.54, 1.807) is 26.5 Å². The van der Waals surface area contributed by atoms with Gasteiger partial charge in [0.05, 0.1) is 6.61 Å². The van der Waals surface area contributed by atoms with Crippen molar-refractivity contribution in [2.45, 2.75) is 43.6 Å². The first-order chi connectivity index (χ1) is 18.9. The largest absolute Gasteiger partial charge is 0.490 e. The van der Waals surface area contributed by atoms with Gasteiger partial charge >= 0.3 is 18.2 Å². The summed E-state index contributed by atoms with van der Waals surface area (Å²) in [7, 11) is 3.37. The van der Waals surface area contributed by atoms with Crippen molar-refractivity contribution < 1.29 is 37.3 Å². The fourth-order valence-electron chi connectivity index (χ4n) is 4.54. The van der Waals surface area contributed by atoms with Crippen LogP contribution in [0.1, 0.15) is 18.4 Å². The summed E-state index contributed by atoms with van der Waals surface area (Å²) in [5, 5.41) is 7.87. The van der Waals surface area contributed by atoms with Crippen LogP contribution in [0.5, 0.6) is 0 Å². The number of nitrogens with zero attached hydrogens (tertiary/aromatic N) is 5. The molecule has 0 aliphatic carbocycles. The molecule has 40 heavy (non-hydrogen) atoms. The Balaban J connectivity index is 0.000000559. The van der Waals surface area contributed by atoms with E-state index in [9.17, 15) is 18.0 Å². The maximum Gasteiger partial charge on any atom is 0.490 e. The number of benzene rings is 1. The normalized spacial score (nSPS) is 20.3. The molecule has 1 aromatic heterocycles. The summed E-state index contributed by atoms with van der Waals surface area (Å²) in [5.41, 5.74) is 1.24. The van der Waals surface area contributed by atoms with Crippen LogP contribution in [0.2, 0.25) is 5.02 Å². The highest BCUT2D eigenvalue weighted by atomic mass is 35.5. The van der Waals surface area contributed by atoms with Crippen LogP contribution in [0.4, 0.5) is 23.9 Å². The van der Waals surface area contributed by atoms with E-state index in [1.807, 2.05) is 18.2 Å². The molecule has 0 bridgehead atoms. The number of morpholine rings is 1. The highest BCUT2D eigenvalue weighted by Crippen LogP contribution is 2.26. The van der Waals surface area contributed by atoms with Crippen LogP contribution in [0.3, 0.4) is 0 Å². The number of carboxylic acids is 1. The Bertz CT molecular complexity index is 1090. The average Bonchev–Trinajstić information content (AvgIpc) is 2.94. The SMILES string of the molecule is CN(C)C(=O)OC[C@H]1CN(C2CCN(c3ncccn3)CC2)[C@@H](Cc2ccc(Cl)cc2)CO1.O=C(O)C(F)(F)F. The highest BCUT2D eigenvalue weighted by Gasteiger charge is 2.38. The van der Waals surface area contributed by atoms with E-state index in [-0.39, 0.29) is 24.8 Å². The van der Waals surface area contributed by atoms with Gasteiger partial charge < -0.3 is 24.4 Å². The molecule has 2 aliphatic rings. The zero-order valence-corrected chi connectivity index (χ0v) is 23.0. The summed E-state index contributed by atoms with van der Waals surface area (Å²) in [4.78, 5) is 35.8. The summed E-state index contributed by atoms with van der Waals surface area (Å²) in [6, 6.07) is 10.6. The molecule has 3 heterocycles. The van der Waals surface area contributed by atoms with Crippen LogP contribution >= 0.6 is 11.6 Å². The monoisotopic (exact) mass is 587 g/mol. The Morgan fingerprint density at radius 3 is 2.30 bits per heavy atom. The summed E-state index contributed by atoms with van der Waals surface area (Å²) in [6.07, 6.45) is 0.967. The summed E-state index contributed by atoms with van der Waals surface area (Å²) in [5.74, 6) is -1.96. The van der Waals surface area contributed by atoms with Crippen LogP contribution in [0.25, 0.3) is 0 Å². The van der Waals surface area contributed by atoms with Gasteiger partial charge in [-0.25, -0.2) is 19.6 Å². The minimum atomic E-state index is -5.08. The first-order valence-corrected chi connectivity index (χ1v) is 13.1. The van der Waals surface area contributed by atoms with Crippen molar-refractivity contribution in [2.75, 3.05) is 51.8 Å². The van der Waals surface area contributed by atoms with Crippen LogP contribution < -0.4 is 4.90 Å². The number of amides is 1. The van der Waals surface area contributed by atoms with E-state index in [2.05, 4.69) is 31.9 Å². The summed E-state index contributed by atoms with van der Waals surface area (Å²) in [6.45, 7) is 3.44. The smallest absolute Gasteiger partial charge is 0.475 e. The Morgan fingerprint density at radius 1 is 1.15 bits per heavy atom. The molecular formula is C26H33ClF3N5O5. The van der Waals surface area contributed by atoms with E-state index in [1.165, 1.54) is 10.5 Å². The van der Waals surface area contributed by atoms with Crippen molar-refractivity contribution in [3.8, 4) is 0 Å². The standard InChI is InChI=1S/C24H32ClN5O3.C2HF3O2/c1-28(2)24(31)33-17-22-15-30(21(16-32-22)14-18-4-6-19(25)7-5-18)20-8-12-29(13-9-20)23-26-10-3-11-27-23;3-2(4,5)1(6)7/h3-7,10-11,20-22H,8-9,12-17H2,1-2H3;(H,6,7)/t21-,22+;/m0./s1. The molecule has 2 aliphatic heterocycles. The molecule has 0 saturated carbocycles. The van der Waals surface area contributed by atoms with Crippen molar-refractivity contribution in [1.82, 2.24) is 19.8 Å². The molecule has 220 valence electrons. The summed E-state index contributed by atoms with van der Waals surface area (Å²) < 4.78 is 43.3. The minimum absolute atomic E-state index is 0.133. The van der Waals surface area contributed by atoms with Gasteiger partial charge in [-0.2, -0.15) is 13.2 Å². The lowest BCUT2D eigenvalue weighted by molar-refractivity contribution is -0.192. The van der Waals surface area contributed by atoms with Crippen molar-refractivity contribution >= 4 is 29.6 Å². The van der Waals surface area contributed by atoms with Gasteiger partial charge in [0.15, 0.2) is 0 Å². The molecular weight excluding hydrogens is 555 g/mol. The number of piperidine rings is 1. The molecule has 2 atom stereocenters. The number of halogens is 4. The first-order valence-electron chi connectivity index (χ1n) is 12.7. The van der Waals surface area contributed by atoms with Gasteiger partial charge in [0.1, 0.15) is 12.7 Å². The topological polar surface area (TPSA) is 108 Å². The van der Waals surface area contributed by atoms with Crippen molar-refractivity contribution in [3.63, 3.8) is 0 Å². The van der Waals surface area contributed by atoms with Crippen molar-refractivity contribution in [2.24, 2.45) is 0 Å².